The van der Waals surface area contributed by atoms with Crippen molar-refractivity contribution < 1.29 is 17.6 Å². The number of rotatable bonds is 5. The van der Waals surface area contributed by atoms with Crippen LogP contribution < -0.4 is 10.4 Å². The van der Waals surface area contributed by atoms with E-state index in [1.54, 1.807) is 60.7 Å². The Morgan fingerprint density at radius 1 is 0.862 bits per heavy atom. The molecule has 6 heteroatoms. The molecule has 0 atom stereocenters. The lowest BCUT2D eigenvalue weighted by molar-refractivity contribution is 0.306. The number of hydrogen-bond acceptors (Lipinski definition) is 5. The van der Waals surface area contributed by atoms with Gasteiger partial charge >= 0.3 is 5.63 Å². The number of ether oxygens (including phenoxy) is 1. The number of fused-ring (bicyclic) bond motifs is 1. The van der Waals surface area contributed by atoms with Gasteiger partial charge in [0.25, 0.3) is 0 Å². The molecule has 29 heavy (non-hydrogen) atoms. The summed E-state index contributed by atoms with van der Waals surface area (Å²) in [6.07, 6.45) is 0. The summed E-state index contributed by atoms with van der Waals surface area (Å²) in [6, 6.07) is 21.7. The van der Waals surface area contributed by atoms with Crippen molar-refractivity contribution in [2.45, 2.75) is 23.3 Å². The molecule has 0 spiro atoms. The third kappa shape index (κ3) is 3.93. The molecular weight excluding hydrogens is 388 g/mol. The standard InChI is InChI=1S/C23H18O5S/c1-16-13-23(24)28-22-14-18(9-12-21(16)22)27-15-17-7-10-20(11-8-17)29(25,26)19-5-3-2-4-6-19/h2-14H,15H2,1H3. The van der Waals surface area contributed by atoms with Crippen LogP contribution in [0.2, 0.25) is 0 Å². The average Bonchev–Trinajstić information content (AvgIpc) is 2.73. The molecule has 0 fully saturated rings. The van der Waals surface area contributed by atoms with Crippen molar-refractivity contribution in [2.75, 3.05) is 0 Å². The van der Waals surface area contributed by atoms with E-state index >= 15 is 0 Å². The third-order valence-electron chi connectivity index (χ3n) is 4.62. The highest BCUT2D eigenvalue weighted by atomic mass is 32.2. The van der Waals surface area contributed by atoms with Crippen molar-refractivity contribution >= 4 is 20.8 Å². The zero-order valence-electron chi connectivity index (χ0n) is 15.7. The highest BCUT2D eigenvalue weighted by Crippen LogP contribution is 2.24. The SMILES string of the molecule is Cc1cc(=O)oc2cc(OCc3ccc(S(=O)(=O)c4ccccc4)cc3)ccc12. The summed E-state index contributed by atoms with van der Waals surface area (Å²) in [4.78, 5) is 12.0. The van der Waals surface area contributed by atoms with Crippen molar-refractivity contribution in [1.29, 1.82) is 0 Å². The Morgan fingerprint density at radius 3 is 2.28 bits per heavy atom. The highest BCUT2D eigenvalue weighted by Gasteiger charge is 2.16. The molecule has 0 saturated carbocycles. The van der Waals surface area contributed by atoms with Gasteiger partial charge in [0.1, 0.15) is 17.9 Å². The minimum Gasteiger partial charge on any atom is -0.489 e. The molecule has 0 N–H and O–H groups in total. The molecule has 5 nitrogen and oxygen atoms in total. The van der Waals surface area contributed by atoms with Gasteiger partial charge in [0.05, 0.1) is 9.79 Å². The Labute approximate surface area is 168 Å². The average molecular weight is 406 g/mol. The largest absolute Gasteiger partial charge is 0.489 e. The van der Waals surface area contributed by atoms with Crippen molar-refractivity contribution in [2.24, 2.45) is 0 Å². The van der Waals surface area contributed by atoms with Crippen molar-refractivity contribution in [3.05, 3.63) is 100 Å². The molecule has 0 bridgehead atoms. The number of aryl methyl sites for hydroxylation is 1. The van der Waals surface area contributed by atoms with E-state index in [4.69, 9.17) is 9.15 Å². The lowest BCUT2D eigenvalue weighted by Gasteiger charge is -2.09. The first kappa shape index (κ1) is 19.0. The first-order valence-corrected chi connectivity index (χ1v) is 10.5. The van der Waals surface area contributed by atoms with Gasteiger partial charge in [0, 0.05) is 17.5 Å². The molecule has 0 aliphatic carbocycles. The van der Waals surface area contributed by atoms with Gasteiger partial charge in [0.2, 0.25) is 9.84 Å². The maximum absolute atomic E-state index is 12.6. The second-order valence-corrected chi connectivity index (χ2v) is 8.61. The zero-order chi connectivity index (χ0) is 20.4. The van der Waals surface area contributed by atoms with Crippen LogP contribution in [0, 0.1) is 6.92 Å². The van der Waals surface area contributed by atoms with Crippen LogP contribution in [0.1, 0.15) is 11.1 Å². The van der Waals surface area contributed by atoms with Gasteiger partial charge in [-0.1, -0.05) is 30.3 Å². The van der Waals surface area contributed by atoms with E-state index in [2.05, 4.69) is 0 Å². The maximum atomic E-state index is 12.6. The van der Waals surface area contributed by atoms with Crippen LogP contribution in [0.4, 0.5) is 0 Å². The fourth-order valence-corrected chi connectivity index (χ4v) is 4.34. The van der Waals surface area contributed by atoms with Gasteiger partial charge in [-0.3, -0.25) is 0 Å². The quantitative estimate of drug-likeness (QED) is 0.456. The number of hydrogen-bond donors (Lipinski definition) is 0. The summed E-state index contributed by atoms with van der Waals surface area (Å²) in [5, 5.41) is 0.854. The van der Waals surface area contributed by atoms with Crippen LogP contribution in [0.5, 0.6) is 5.75 Å². The molecule has 1 aromatic heterocycles. The monoisotopic (exact) mass is 406 g/mol. The molecular formula is C23H18O5S. The predicted octanol–water partition coefficient (Wildman–Crippen LogP) is 4.51. The van der Waals surface area contributed by atoms with E-state index in [0.29, 0.717) is 11.3 Å². The van der Waals surface area contributed by atoms with E-state index in [-0.39, 0.29) is 16.4 Å². The second-order valence-electron chi connectivity index (χ2n) is 6.66. The molecule has 4 aromatic rings. The summed E-state index contributed by atoms with van der Waals surface area (Å²) in [6.45, 7) is 2.11. The second kappa shape index (κ2) is 7.56. The Bertz CT molecular complexity index is 1320. The van der Waals surface area contributed by atoms with Crippen LogP contribution in [-0.2, 0) is 16.4 Å². The summed E-state index contributed by atoms with van der Waals surface area (Å²) in [5.74, 6) is 0.562. The Kier molecular flexibility index (Phi) is 4.94. The van der Waals surface area contributed by atoms with Gasteiger partial charge in [0.15, 0.2) is 0 Å². The lowest BCUT2D eigenvalue weighted by Crippen LogP contribution is -2.02. The van der Waals surface area contributed by atoms with Crippen LogP contribution in [0.15, 0.2) is 97.9 Å². The van der Waals surface area contributed by atoms with Crippen LogP contribution in [-0.4, -0.2) is 8.42 Å². The minimum atomic E-state index is -3.54. The van der Waals surface area contributed by atoms with E-state index in [9.17, 15) is 13.2 Å². The summed E-state index contributed by atoms with van der Waals surface area (Å²) in [5.41, 5.74) is 1.74. The molecule has 3 aromatic carbocycles. The molecule has 0 amide bonds. The summed E-state index contributed by atoms with van der Waals surface area (Å²) < 4.78 is 36.3. The van der Waals surface area contributed by atoms with Crippen molar-refractivity contribution in [3.8, 4) is 5.75 Å². The van der Waals surface area contributed by atoms with Crippen molar-refractivity contribution in [1.82, 2.24) is 0 Å². The smallest absolute Gasteiger partial charge is 0.336 e. The van der Waals surface area contributed by atoms with Gasteiger partial charge < -0.3 is 9.15 Å². The molecule has 4 rings (SSSR count). The minimum absolute atomic E-state index is 0.232. The van der Waals surface area contributed by atoms with E-state index in [1.165, 1.54) is 6.07 Å². The lowest BCUT2D eigenvalue weighted by atomic mass is 10.1. The summed E-state index contributed by atoms with van der Waals surface area (Å²) >= 11 is 0. The predicted molar refractivity (Wildman–Crippen MR) is 110 cm³/mol. The van der Waals surface area contributed by atoms with E-state index in [0.717, 1.165) is 16.5 Å². The highest BCUT2D eigenvalue weighted by molar-refractivity contribution is 7.91. The number of benzene rings is 3. The Hall–Kier alpha value is -3.38. The van der Waals surface area contributed by atoms with Crippen LogP contribution in [0.3, 0.4) is 0 Å². The van der Waals surface area contributed by atoms with Crippen LogP contribution >= 0.6 is 0 Å². The van der Waals surface area contributed by atoms with Gasteiger partial charge in [-0.15, -0.1) is 0 Å². The van der Waals surface area contributed by atoms with E-state index in [1.807, 2.05) is 19.1 Å². The molecule has 0 aliphatic rings. The molecule has 0 radical (unpaired) electrons. The zero-order valence-corrected chi connectivity index (χ0v) is 16.5. The molecule has 1 heterocycles. The topological polar surface area (TPSA) is 73.6 Å². The first-order valence-electron chi connectivity index (χ1n) is 9.00. The van der Waals surface area contributed by atoms with Gasteiger partial charge in [-0.05, 0) is 54.4 Å². The molecule has 146 valence electrons. The molecule has 0 saturated heterocycles. The first-order chi connectivity index (χ1) is 13.9. The molecule has 0 unspecified atom stereocenters. The number of sulfone groups is 1. The van der Waals surface area contributed by atoms with Gasteiger partial charge in [-0.25, -0.2) is 13.2 Å². The Morgan fingerprint density at radius 2 is 1.55 bits per heavy atom. The fourth-order valence-electron chi connectivity index (χ4n) is 3.06. The van der Waals surface area contributed by atoms with Gasteiger partial charge in [-0.2, -0.15) is 0 Å². The van der Waals surface area contributed by atoms with Crippen LogP contribution in [0.25, 0.3) is 11.0 Å². The molecule has 0 aliphatic heterocycles. The Balaban J connectivity index is 1.51. The fraction of sp³-hybridized carbons (Fsp3) is 0.0870. The summed E-state index contributed by atoms with van der Waals surface area (Å²) in [7, 11) is -3.54. The normalized spacial score (nSPS) is 11.5. The van der Waals surface area contributed by atoms with Crippen molar-refractivity contribution in [3.63, 3.8) is 0 Å². The third-order valence-corrected chi connectivity index (χ3v) is 6.40. The maximum Gasteiger partial charge on any atom is 0.336 e. The van der Waals surface area contributed by atoms with E-state index < -0.39 is 15.5 Å².